The zero-order valence-electron chi connectivity index (χ0n) is 11.5. The van der Waals surface area contributed by atoms with Crippen LogP contribution in [0.25, 0.3) is 0 Å². The maximum atomic E-state index is 12.0. The maximum absolute atomic E-state index is 12.0. The molecule has 0 saturated carbocycles. The summed E-state index contributed by atoms with van der Waals surface area (Å²) in [6, 6.07) is 5.12. The minimum Gasteiger partial charge on any atom is -0.496 e. The van der Waals surface area contributed by atoms with E-state index in [2.05, 4.69) is 5.32 Å². The summed E-state index contributed by atoms with van der Waals surface area (Å²) in [4.78, 5) is 22.8. The van der Waals surface area contributed by atoms with Crippen molar-refractivity contribution in [1.29, 1.82) is 0 Å². The monoisotopic (exact) mass is 313 g/mol. The quantitative estimate of drug-likeness (QED) is 0.862. The number of carbonyl (C=O) groups is 2. The van der Waals surface area contributed by atoms with Crippen molar-refractivity contribution >= 4 is 23.5 Å². The van der Waals surface area contributed by atoms with Crippen LogP contribution < -0.4 is 10.1 Å². The van der Waals surface area contributed by atoms with Crippen molar-refractivity contribution in [2.75, 3.05) is 7.11 Å². The Bertz CT molecular complexity index is 548. The van der Waals surface area contributed by atoms with E-state index < -0.39 is 18.2 Å². The molecule has 2 rings (SSSR count). The fourth-order valence-corrected chi connectivity index (χ4v) is 2.39. The molecule has 0 spiro atoms. The average Bonchev–Trinajstić information content (AvgIpc) is 2.95. The highest BCUT2D eigenvalue weighted by Crippen LogP contribution is 2.23. The molecule has 1 saturated heterocycles. The molecule has 114 valence electrons. The van der Waals surface area contributed by atoms with Crippen molar-refractivity contribution in [3.8, 4) is 5.75 Å². The number of rotatable bonds is 5. The molecule has 1 amide bonds. The lowest BCUT2D eigenvalue weighted by Gasteiger charge is -2.13. The van der Waals surface area contributed by atoms with Gasteiger partial charge in [-0.1, -0.05) is 11.6 Å². The van der Waals surface area contributed by atoms with Gasteiger partial charge in [0.25, 0.3) is 0 Å². The van der Waals surface area contributed by atoms with Crippen molar-refractivity contribution in [2.45, 2.75) is 31.6 Å². The summed E-state index contributed by atoms with van der Waals surface area (Å²) in [6.07, 6.45) is -0.888. The smallest absolute Gasteiger partial charge is 0.332 e. The highest BCUT2D eigenvalue weighted by Gasteiger charge is 2.34. The molecular formula is C14H16ClNO5. The summed E-state index contributed by atoms with van der Waals surface area (Å²) in [5, 5.41) is 12.1. The number of hydrogen-bond acceptors (Lipinski definition) is 4. The van der Waals surface area contributed by atoms with Crippen LogP contribution in [0, 0.1) is 0 Å². The lowest BCUT2D eigenvalue weighted by Crippen LogP contribution is -2.35. The molecule has 0 bridgehead atoms. The lowest BCUT2D eigenvalue weighted by atomic mass is 10.1. The third-order valence-corrected chi connectivity index (χ3v) is 3.52. The van der Waals surface area contributed by atoms with Gasteiger partial charge in [0, 0.05) is 17.1 Å². The zero-order valence-corrected chi connectivity index (χ0v) is 12.2. The first-order chi connectivity index (χ1) is 10.0. The number of ether oxygens (including phenoxy) is 2. The predicted molar refractivity (Wildman–Crippen MR) is 75.4 cm³/mol. The Hall–Kier alpha value is -1.79. The number of benzene rings is 1. The topological polar surface area (TPSA) is 84.9 Å². The summed E-state index contributed by atoms with van der Waals surface area (Å²) in [5.41, 5.74) is 0.742. The largest absolute Gasteiger partial charge is 0.496 e. The Balaban J connectivity index is 1.93. The van der Waals surface area contributed by atoms with Crippen LogP contribution in [0.2, 0.25) is 5.02 Å². The zero-order chi connectivity index (χ0) is 15.4. The van der Waals surface area contributed by atoms with E-state index in [9.17, 15) is 9.59 Å². The maximum Gasteiger partial charge on any atom is 0.332 e. The molecule has 1 aliphatic heterocycles. The van der Waals surface area contributed by atoms with E-state index in [-0.39, 0.29) is 12.5 Å². The first-order valence-electron chi connectivity index (χ1n) is 6.49. The minimum atomic E-state index is -1.04. The molecule has 0 radical (unpaired) electrons. The van der Waals surface area contributed by atoms with Crippen molar-refractivity contribution in [3.63, 3.8) is 0 Å². The SMILES string of the molecule is COc1ccc(Cl)cc1CNC(=O)[C@@H]1CC[C@H](C(=O)O)O1. The predicted octanol–water partition coefficient (Wildman–Crippen LogP) is 1.60. The Morgan fingerprint density at radius 2 is 2.14 bits per heavy atom. The summed E-state index contributed by atoms with van der Waals surface area (Å²) >= 11 is 5.91. The number of carboxylic acid groups (broad SMARTS) is 1. The minimum absolute atomic E-state index is 0.236. The van der Waals surface area contributed by atoms with Gasteiger partial charge in [0.05, 0.1) is 7.11 Å². The molecule has 1 aromatic rings. The van der Waals surface area contributed by atoms with E-state index >= 15 is 0 Å². The molecule has 0 aromatic heterocycles. The number of aliphatic carboxylic acids is 1. The molecule has 21 heavy (non-hydrogen) atoms. The molecule has 1 aromatic carbocycles. The molecule has 2 N–H and O–H groups in total. The number of hydrogen-bond donors (Lipinski definition) is 2. The van der Waals surface area contributed by atoms with Gasteiger partial charge in [0.15, 0.2) is 6.10 Å². The highest BCUT2D eigenvalue weighted by atomic mass is 35.5. The molecule has 7 heteroatoms. The van der Waals surface area contributed by atoms with Crippen molar-refractivity contribution < 1.29 is 24.2 Å². The molecule has 0 unspecified atom stereocenters. The van der Waals surface area contributed by atoms with Gasteiger partial charge >= 0.3 is 5.97 Å². The van der Waals surface area contributed by atoms with Gasteiger partial charge in [-0.05, 0) is 31.0 Å². The van der Waals surface area contributed by atoms with E-state index in [0.717, 1.165) is 5.56 Å². The van der Waals surface area contributed by atoms with Gasteiger partial charge in [-0.15, -0.1) is 0 Å². The number of carbonyl (C=O) groups excluding carboxylic acids is 1. The normalized spacial score (nSPS) is 21.0. The number of carboxylic acids is 1. The van der Waals surface area contributed by atoms with Crippen LogP contribution in [0.4, 0.5) is 0 Å². The molecule has 2 atom stereocenters. The van der Waals surface area contributed by atoms with Gasteiger partial charge in [0.2, 0.25) is 5.91 Å². The summed E-state index contributed by atoms with van der Waals surface area (Å²) in [5.74, 6) is -0.752. The van der Waals surface area contributed by atoms with Crippen LogP contribution in [-0.2, 0) is 20.9 Å². The second-order valence-electron chi connectivity index (χ2n) is 4.70. The third kappa shape index (κ3) is 3.86. The van der Waals surface area contributed by atoms with Gasteiger partial charge < -0.3 is 19.9 Å². The van der Waals surface area contributed by atoms with Gasteiger partial charge in [-0.2, -0.15) is 0 Å². The standard InChI is InChI=1S/C14H16ClNO5/c1-20-10-3-2-9(15)6-8(10)7-16-13(17)11-4-5-12(21-11)14(18)19/h2-3,6,11-12H,4-5,7H2,1H3,(H,16,17)(H,18,19)/t11-,12+/m0/s1. The number of amides is 1. The molecule has 6 nitrogen and oxygen atoms in total. The molecule has 0 aliphatic carbocycles. The molecule has 1 aliphatic rings. The third-order valence-electron chi connectivity index (χ3n) is 3.28. The van der Waals surface area contributed by atoms with E-state index in [0.29, 0.717) is 23.6 Å². The highest BCUT2D eigenvalue weighted by molar-refractivity contribution is 6.30. The Labute approximate surface area is 127 Å². The molecule has 1 fully saturated rings. The van der Waals surface area contributed by atoms with Crippen LogP contribution in [-0.4, -0.2) is 36.3 Å². The number of halogens is 1. The van der Waals surface area contributed by atoms with Crippen LogP contribution in [0.1, 0.15) is 18.4 Å². The van der Waals surface area contributed by atoms with Gasteiger partial charge in [-0.25, -0.2) is 4.79 Å². The Morgan fingerprint density at radius 3 is 2.76 bits per heavy atom. The average molecular weight is 314 g/mol. The van der Waals surface area contributed by atoms with E-state index in [1.54, 1.807) is 18.2 Å². The number of nitrogens with one attached hydrogen (secondary N) is 1. The second kappa shape index (κ2) is 6.78. The van der Waals surface area contributed by atoms with Crippen LogP contribution in [0.5, 0.6) is 5.75 Å². The fraction of sp³-hybridized carbons (Fsp3) is 0.429. The van der Waals surface area contributed by atoms with E-state index in [4.69, 9.17) is 26.2 Å². The van der Waals surface area contributed by atoms with Gasteiger partial charge in [-0.3, -0.25) is 4.79 Å². The van der Waals surface area contributed by atoms with Crippen LogP contribution >= 0.6 is 11.6 Å². The van der Waals surface area contributed by atoms with Crippen molar-refractivity contribution in [1.82, 2.24) is 5.32 Å². The van der Waals surface area contributed by atoms with Gasteiger partial charge in [0.1, 0.15) is 11.9 Å². The van der Waals surface area contributed by atoms with Crippen LogP contribution in [0.3, 0.4) is 0 Å². The van der Waals surface area contributed by atoms with E-state index in [1.807, 2.05) is 0 Å². The summed E-state index contributed by atoms with van der Waals surface area (Å²) in [7, 11) is 1.53. The first-order valence-corrected chi connectivity index (χ1v) is 6.87. The van der Waals surface area contributed by atoms with E-state index in [1.165, 1.54) is 7.11 Å². The molecular weight excluding hydrogens is 298 g/mol. The summed E-state index contributed by atoms with van der Waals surface area (Å²) < 4.78 is 10.4. The number of methoxy groups -OCH3 is 1. The Morgan fingerprint density at radius 1 is 1.43 bits per heavy atom. The van der Waals surface area contributed by atoms with Crippen molar-refractivity contribution in [3.05, 3.63) is 28.8 Å². The van der Waals surface area contributed by atoms with Crippen LogP contribution in [0.15, 0.2) is 18.2 Å². The first kappa shape index (κ1) is 15.6. The lowest BCUT2D eigenvalue weighted by molar-refractivity contribution is -0.151. The molecule has 1 heterocycles. The second-order valence-corrected chi connectivity index (χ2v) is 5.14. The Kier molecular flexibility index (Phi) is 5.03. The fourth-order valence-electron chi connectivity index (χ4n) is 2.19. The van der Waals surface area contributed by atoms with Crippen molar-refractivity contribution in [2.24, 2.45) is 0 Å². The summed E-state index contributed by atoms with van der Waals surface area (Å²) in [6.45, 7) is 0.236.